The molecule has 0 amide bonds. The summed E-state index contributed by atoms with van der Waals surface area (Å²) in [5.41, 5.74) is 1.80. The summed E-state index contributed by atoms with van der Waals surface area (Å²) in [6.07, 6.45) is -1.45. The first-order valence-corrected chi connectivity index (χ1v) is 8.55. The van der Waals surface area contributed by atoms with Crippen LogP contribution in [0.3, 0.4) is 0 Å². The minimum Gasteiger partial charge on any atom is -0.406 e. The Labute approximate surface area is 160 Å². The number of ether oxygens (including phenoxy) is 1. The molecule has 0 aliphatic heterocycles. The maximum atomic E-state index is 14.2. The Bertz CT molecular complexity index is 1070. The molecule has 0 aliphatic carbocycles. The number of allylic oxidation sites excluding steroid dienone is 1. The Morgan fingerprint density at radius 2 is 1.68 bits per heavy atom. The summed E-state index contributed by atoms with van der Waals surface area (Å²) < 4.78 is 55.0. The van der Waals surface area contributed by atoms with Gasteiger partial charge in [-0.3, -0.25) is 0 Å². The predicted octanol–water partition coefficient (Wildman–Crippen LogP) is 6.40. The minimum absolute atomic E-state index is 0.280. The highest BCUT2D eigenvalue weighted by molar-refractivity contribution is 5.85. The summed E-state index contributed by atoms with van der Waals surface area (Å²) in [4.78, 5) is 0. The van der Waals surface area contributed by atoms with Gasteiger partial charge in [-0.05, 0) is 65.6 Å². The Hall–Kier alpha value is -3.26. The average molecular weight is 384 g/mol. The summed E-state index contributed by atoms with van der Waals surface area (Å²) >= 11 is 0. The van der Waals surface area contributed by atoms with Crippen molar-refractivity contribution in [1.82, 2.24) is 0 Å². The van der Waals surface area contributed by atoms with E-state index in [4.69, 9.17) is 0 Å². The van der Waals surface area contributed by atoms with Gasteiger partial charge in [0, 0.05) is 5.56 Å². The predicted molar refractivity (Wildman–Crippen MR) is 102 cm³/mol. The van der Waals surface area contributed by atoms with Crippen LogP contribution in [0.2, 0.25) is 0 Å². The molecule has 0 unspecified atom stereocenters. The summed E-state index contributed by atoms with van der Waals surface area (Å²) in [7, 11) is 0. The van der Waals surface area contributed by atoms with Crippen LogP contribution in [-0.4, -0.2) is 6.36 Å². The molecule has 3 rings (SSSR count). The molecule has 0 aromatic heterocycles. The van der Waals surface area contributed by atoms with Gasteiger partial charge >= 0.3 is 6.36 Å². The van der Waals surface area contributed by atoms with Gasteiger partial charge in [0.15, 0.2) is 0 Å². The van der Waals surface area contributed by atoms with E-state index in [0.29, 0.717) is 16.3 Å². The van der Waals surface area contributed by atoms with Crippen LogP contribution in [0.1, 0.15) is 23.1 Å². The normalized spacial score (nSPS) is 11.0. The zero-order valence-corrected chi connectivity index (χ0v) is 14.8. The van der Waals surface area contributed by atoms with Crippen molar-refractivity contribution in [3.63, 3.8) is 0 Å². The van der Waals surface area contributed by atoms with E-state index in [1.54, 1.807) is 30.3 Å². The van der Waals surface area contributed by atoms with Crippen LogP contribution in [0.5, 0.6) is 5.75 Å². The lowest BCUT2D eigenvalue weighted by Crippen LogP contribution is -2.16. The van der Waals surface area contributed by atoms with E-state index in [-0.39, 0.29) is 17.1 Å². The molecule has 0 heterocycles. The van der Waals surface area contributed by atoms with Gasteiger partial charge < -0.3 is 4.74 Å². The monoisotopic (exact) mass is 384 g/mol. The molecule has 5 heteroatoms. The fraction of sp³-hybridized carbons (Fsp3) is 0.130. The van der Waals surface area contributed by atoms with E-state index in [9.17, 15) is 17.6 Å². The molecule has 0 radical (unpaired) electrons. The van der Waals surface area contributed by atoms with Crippen molar-refractivity contribution in [3.05, 3.63) is 89.8 Å². The van der Waals surface area contributed by atoms with E-state index in [2.05, 4.69) is 23.2 Å². The molecule has 3 aromatic rings. The minimum atomic E-state index is -4.73. The summed E-state index contributed by atoms with van der Waals surface area (Å²) in [6.45, 7) is 3.65. The molecule has 3 aromatic carbocycles. The van der Waals surface area contributed by atoms with Gasteiger partial charge in [-0.15, -0.1) is 19.8 Å². The summed E-state index contributed by atoms with van der Waals surface area (Å²) in [5.74, 6) is 5.03. The SMILES string of the molecule is C=CCCc1ccc(C#Cc2ccc3cc(OC(F)(F)F)ccc3c2)c(F)c1. The van der Waals surface area contributed by atoms with Crippen molar-refractivity contribution in [2.75, 3.05) is 0 Å². The number of benzene rings is 3. The molecule has 0 saturated carbocycles. The molecular formula is C23H16F4O. The molecule has 0 saturated heterocycles. The number of hydrogen-bond donors (Lipinski definition) is 0. The number of hydrogen-bond acceptors (Lipinski definition) is 1. The largest absolute Gasteiger partial charge is 0.573 e. The van der Waals surface area contributed by atoms with E-state index in [0.717, 1.165) is 18.4 Å². The highest BCUT2D eigenvalue weighted by atomic mass is 19.4. The third kappa shape index (κ3) is 5.14. The molecule has 0 atom stereocenters. The maximum absolute atomic E-state index is 14.2. The smallest absolute Gasteiger partial charge is 0.406 e. The number of fused-ring (bicyclic) bond motifs is 1. The second-order valence-corrected chi connectivity index (χ2v) is 6.16. The molecule has 0 N–H and O–H groups in total. The third-order valence-corrected chi connectivity index (χ3v) is 4.06. The molecule has 28 heavy (non-hydrogen) atoms. The van der Waals surface area contributed by atoms with Crippen LogP contribution in [0.4, 0.5) is 17.6 Å². The Kier molecular flexibility index (Phi) is 5.70. The number of alkyl halides is 3. The van der Waals surface area contributed by atoms with E-state index >= 15 is 0 Å². The van der Waals surface area contributed by atoms with Crippen LogP contribution in [0, 0.1) is 17.7 Å². The zero-order chi connectivity index (χ0) is 20.1. The van der Waals surface area contributed by atoms with E-state index in [1.165, 1.54) is 24.3 Å². The number of rotatable bonds is 4. The number of halogens is 4. The Balaban J connectivity index is 1.82. The van der Waals surface area contributed by atoms with Crippen molar-refractivity contribution >= 4 is 10.8 Å². The lowest BCUT2D eigenvalue weighted by atomic mass is 10.1. The van der Waals surface area contributed by atoms with Crippen LogP contribution < -0.4 is 4.74 Å². The first-order chi connectivity index (χ1) is 13.3. The fourth-order valence-corrected chi connectivity index (χ4v) is 2.72. The topological polar surface area (TPSA) is 9.23 Å². The molecule has 0 aliphatic rings. The standard InChI is InChI=1S/C23H16F4O/c1-2-3-4-16-5-8-18(22(24)14-16)9-6-17-7-10-20-15-21(28-23(25,26)27)12-11-19(20)13-17/h2,5,7-8,10-15H,1,3-4H2. The van der Waals surface area contributed by atoms with E-state index < -0.39 is 6.36 Å². The third-order valence-electron chi connectivity index (χ3n) is 4.06. The average Bonchev–Trinajstić information content (AvgIpc) is 2.64. The van der Waals surface area contributed by atoms with Gasteiger partial charge in [0.2, 0.25) is 0 Å². The first-order valence-electron chi connectivity index (χ1n) is 8.55. The molecular weight excluding hydrogens is 368 g/mol. The van der Waals surface area contributed by atoms with Gasteiger partial charge in [-0.1, -0.05) is 36.1 Å². The Morgan fingerprint density at radius 3 is 2.39 bits per heavy atom. The van der Waals surface area contributed by atoms with Crippen molar-refractivity contribution < 1.29 is 22.3 Å². The van der Waals surface area contributed by atoms with Crippen molar-refractivity contribution in [2.45, 2.75) is 19.2 Å². The second-order valence-electron chi connectivity index (χ2n) is 6.16. The van der Waals surface area contributed by atoms with E-state index in [1.807, 2.05) is 6.07 Å². The quantitative estimate of drug-likeness (QED) is 0.287. The fourth-order valence-electron chi connectivity index (χ4n) is 2.72. The van der Waals surface area contributed by atoms with Crippen molar-refractivity contribution in [2.24, 2.45) is 0 Å². The lowest BCUT2D eigenvalue weighted by Gasteiger charge is -2.09. The summed E-state index contributed by atoms with van der Waals surface area (Å²) in [5, 5.41) is 1.30. The van der Waals surface area contributed by atoms with Gasteiger partial charge in [0.25, 0.3) is 0 Å². The first kappa shape index (κ1) is 19.5. The van der Waals surface area contributed by atoms with Crippen LogP contribution in [0.25, 0.3) is 10.8 Å². The molecule has 0 fully saturated rings. The molecule has 0 bridgehead atoms. The van der Waals surface area contributed by atoms with Gasteiger partial charge in [0.05, 0.1) is 5.56 Å². The van der Waals surface area contributed by atoms with Gasteiger partial charge in [0.1, 0.15) is 11.6 Å². The molecule has 1 nitrogen and oxygen atoms in total. The maximum Gasteiger partial charge on any atom is 0.573 e. The molecule has 0 spiro atoms. The highest BCUT2D eigenvalue weighted by Crippen LogP contribution is 2.27. The zero-order valence-electron chi connectivity index (χ0n) is 14.8. The number of aryl methyl sites for hydroxylation is 1. The summed E-state index contributed by atoms with van der Waals surface area (Å²) in [6, 6.07) is 14.1. The highest BCUT2D eigenvalue weighted by Gasteiger charge is 2.31. The Morgan fingerprint density at radius 1 is 0.929 bits per heavy atom. The van der Waals surface area contributed by atoms with Gasteiger partial charge in [-0.2, -0.15) is 0 Å². The van der Waals surface area contributed by atoms with Crippen molar-refractivity contribution in [1.29, 1.82) is 0 Å². The lowest BCUT2D eigenvalue weighted by molar-refractivity contribution is -0.274. The van der Waals surface area contributed by atoms with Crippen LogP contribution in [0.15, 0.2) is 67.3 Å². The molecule has 142 valence electrons. The van der Waals surface area contributed by atoms with Crippen LogP contribution >= 0.6 is 0 Å². The second kappa shape index (κ2) is 8.18. The van der Waals surface area contributed by atoms with Crippen LogP contribution in [-0.2, 0) is 6.42 Å². The van der Waals surface area contributed by atoms with Gasteiger partial charge in [-0.25, -0.2) is 4.39 Å². The van der Waals surface area contributed by atoms with Crippen molar-refractivity contribution in [3.8, 4) is 17.6 Å².